The zero-order chi connectivity index (χ0) is 15.4. The predicted octanol–water partition coefficient (Wildman–Crippen LogP) is 1.43. The van der Waals surface area contributed by atoms with Crippen molar-refractivity contribution in [1.29, 1.82) is 0 Å². The van der Waals surface area contributed by atoms with E-state index in [0.717, 1.165) is 12.8 Å². The summed E-state index contributed by atoms with van der Waals surface area (Å²) >= 11 is 0. The van der Waals surface area contributed by atoms with Crippen LogP contribution in [0.4, 0.5) is 5.69 Å². The van der Waals surface area contributed by atoms with Gasteiger partial charge in [0.1, 0.15) is 5.75 Å². The molecule has 1 fully saturated rings. The summed E-state index contributed by atoms with van der Waals surface area (Å²) in [4.78, 5) is 24.6. The molecule has 1 saturated heterocycles. The fourth-order valence-electron chi connectivity index (χ4n) is 2.52. The van der Waals surface area contributed by atoms with E-state index in [2.05, 4.69) is 5.32 Å². The lowest BCUT2D eigenvalue weighted by Crippen LogP contribution is -2.44. The lowest BCUT2D eigenvalue weighted by Gasteiger charge is -2.32. The molecule has 2 rings (SSSR count). The molecule has 0 spiro atoms. The zero-order valence-electron chi connectivity index (χ0n) is 12.2. The second-order valence-corrected chi connectivity index (χ2v) is 5.00. The van der Waals surface area contributed by atoms with Crippen LogP contribution < -0.4 is 10.1 Å². The Morgan fingerprint density at radius 1 is 1.43 bits per heavy atom. The molecule has 114 valence electrons. The number of methoxy groups -OCH3 is 1. The van der Waals surface area contributed by atoms with Gasteiger partial charge in [0.25, 0.3) is 11.6 Å². The van der Waals surface area contributed by atoms with E-state index >= 15 is 0 Å². The van der Waals surface area contributed by atoms with Gasteiger partial charge in [0.15, 0.2) is 0 Å². The molecule has 0 bridgehead atoms. The number of ether oxygens (including phenoxy) is 1. The minimum Gasteiger partial charge on any atom is -0.496 e. The number of likely N-dealkylation sites (tertiary alicyclic amines) is 1. The predicted molar refractivity (Wildman–Crippen MR) is 77.6 cm³/mol. The van der Waals surface area contributed by atoms with Crippen LogP contribution >= 0.6 is 0 Å². The third kappa shape index (κ3) is 3.30. The Kier molecular flexibility index (Phi) is 4.74. The molecule has 1 amide bonds. The van der Waals surface area contributed by atoms with Crippen LogP contribution in [0, 0.1) is 10.1 Å². The number of hydrogen-bond donors (Lipinski definition) is 1. The number of nitrogens with zero attached hydrogens (tertiary/aromatic N) is 2. The minimum atomic E-state index is -0.510. The van der Waals surface area contributed by atoms with Crippen LogP contribution in [-0.4, -0.2) is 49.0 Å². The van der Waals surface area contributed by atoms with Gasteiger partial charge in [-0.15, -0.1) is 0 Å². The third-order valence-corrected chi connectivity index (χ3v) is 3.81. The Labute approximate surface area is 123 Å². The first-order chi connectivity index (χ1) is 10.1. The number of benzene rings is 1. The molecule has 21 heavy (non-hydrogen) atoms. The molecule has 1 heterocycles. The molecule has 1 aliphatic heterocycles. The van der Waals surface area contributed by atoms with Crippen LogP contribution in [0.5, 0.6) is 5.75 Å². The SMILES string of the molecule is CNC1CCN(C(=O)c2cc([N+](=O)[O-])ccc2OC)CC1. The number of carbonyl (C=O) groups excluding carboxylic acids is 1. The highest BCUT2D eigenvalue weighted by Crippen LogP contribution is 2.26. The monoisotopic (exact) mass is 293 g/mol. The maximum Gasteiger partial charge on any atom is 0.270 e. The van der Waals surface area contributed by atoms with Gasteiger partial charge in [0.05, 0.1) is 17.6 Å². The van der Waals surface area contributed by atoms with Gasteiger partial charge in [0.2, 0.25) is 0 Å². The molecular weight excluding hydrogens is 274 g/mol. The summed E-state index contributed by atoms with van der Waals surface area (Å²) in [5.74, 6) is 0.145. The van der Waals surface area contributed by atoms with Gasteiger partial charge >= 0.3 is 0 Å². The highest BCUT2D eigenvalue weighted by molar-refractivity contribution is 5.97. The Balaban J connectivity index is 2.22. The van der Waals surface area contributed by atoms with Crippen molar-refractivity contribution in [3.63, 3.8) is 0 Å². The molecule has 0 radical (unpaired) electrons. The van der Waals surface area contributed by atoms with Crippen molar-refractivity contribution in [3.8, 4) is 5.75 Å². The van der Waals surface area contributed by atoms with E-state index in [1.54, 1.807) is 4.90 Å². The minimum absolute atomic E-state index is 0.107. The Hall–Kier alpha value is -2.15. The molecule has 0 aliphatic carbocycles. The van der Waals surface area contributed by atoms with Gasteiger partial charge in [-0.3, -0.25) is 14.9 Å². The second-order valence-electron chi connectivity index (χ2n) is 5.00. The number of hydrogen-bond acceptors (Lipinski definition) is 5. The first kappa shape index (κ1) is 15.2. The van der Waals surface area contributed by atoms with Crippen LogP contribution in [0.15, 0.2) is 18.2 Å². The normalized spacial score (nSPS) is 15.8. The molecule has 7 heteroatoms. The number of nitro benzene ring substituents is 1. The quantitative estimate of drug-likeness (QED) is 0.670. The Bertz CT molecular complexity index is 539. The molecule has 0 saturated carbocycles. The Morgan fingerprint density at radius 3 is 2.62 bits per heavy atom. The standard InChI is InChI=1S/C14H19N3O4/c1-15-10-5-7-16(8-6-10)14(18)12-9-11(17(19)20)3-4-13(12)21-2/h3-4,9-10,15H,5-8H2,1-2H3. The summed E-state index contributed by atoms with van der Waals surface area (Å²) in [6.07, 6.45) is 1.75. The topological polar surface area (TPSA) is 84.7 Å². The van der Waals surface area contributed by atoms with Crippen molar-refractivity contribution in [2.75, 3.05) is 27.2 Å². The van der Waals surface area contributed by atoms with Gasteiger partial charge in [0, 0.05) is 31.3 Å². The van der Waals surface area contributed by atoms with Crippen LogP contribution in [0.2, 0.25) is 0 Å². The zero-order valence-corrected chi connectivity index (χ0v) is 12.2. The van der Waals surface area contributed by atoms with Crippen LogP contribution in [0.1, 0.15) is 23.2 Å². The van der Waals surface area contributed by atoms with Crippen molar-refractivity contribution in [2.45, 2.75) is 18.9 Å². The molecule has 1 aromatic rings. The van der Waals surface area contributed by atoms with Crippen LogP contribution in [-0.2, 0) is 0 Å². The number of amides is 1. The van der Waals surface area contributed by atoms with E-state index in [1.807, 2.05) is 7.05 Å². The summed E-state index contributed by atoms with van der Waals surface area (Å²) < 4.78 is 5.15. The molecule has 1 aliphatic rings. The number of piperidine rings is 1. The number of nitrogens with one attached hydrogen (secondary N) is 1. The van der Waals surface area contributed by atoms with Gasteiger partial charge in [-0.2, -0.15) is 0 Å². The number of rotatable bonds is 4. The van der Waals surface area contributed by atoms with Crippen molar-refractivity contribution >= 4 is 11.6 Å². The van der Waals surface area contributed by atoms with E-state index < -0.39 is 4.92 Å². The molecule has 1 aromatic carbocycles. The summed E-state index contributed by atoms with van der Waals surface area (Å²) in [5, 5.41) is 14.1. The van der Waals surface area contributed by atoms with Gasteiger partial charge in [-0.25, -0.2) is 0 Å². The first-order valence-corrected chi connectivity index (χ1v) is 6.85. The fraction of sp³-hybridized carbons (Fsp3) is 0.500. The number of carbonyl (C=O) groups is 1. The van der Waals surface area contributed by atoms with Crippen molar-refractivity contribution in [1.82, 2.24) is 10.2 Å². The smallest absolute Gasteiger partial charge is 0.270 e. The second kappa shape index (κ2) is 6.53. The van der Waals surface area contributed by atoms with E-state index in [1.165, 1.54) is 25.3 Å². The van der Waals surface area contributed by atoms with Crippen molar-refractivity contribution in [2.24, 2.45) is 0 Å². The van der Waals surface area contributed by atoms with E-state index in [9.17, 15) is 14.9 Å². The average Bonchev–Trinajstić information content (AvgIpc) is 2.53. The summed E-state index contributed by atoms with van der Waals surface area (Å²) in [7, 11) is 3.36. The lowest BCUT2D eigenvalue weighted by atomic mass is 10.0. The summed E-state index contributed by atoms with van der Waals surface area (Å²) in [6, 6.07) is 4.50. The van der Waals surface area contributed by atoms with Gasteiger partial charge in [-0.1, -0.05) is 0 Å². The molecule has 1 N–H and O–H groups in total. The largest absolute Gasteiger partial charge is 0.496 e. The third-order valence-electron chi connectivity index (χ3n) is 3.81. The van der Waals surface area contributed by atoms with Crippen LogP contribution in [0.3, 0.4) is 0 Å². The molecule has 7 nitrogen and oxygen atoms in total. The highest BCUT2D eigenvalue weighted by atomic mass is 16.6. The number of non-ortho nitro benzene ring substituents is 1. The Morgan fingerprint density at radius 2 is 2.10 bits per heavy atom. The van der Waals surface area contributed by atoms with Crippen molar-refractivity contribution in [3.05, 3.63) is 33.9 Å². The maximum atomic E-state index is 12.6. The maximum absolute atomic E-state index is 12.6. The molecule has 0 aromatic heterocycles. The number of nitro groups is 1. The van der Waals surface area contributed by atoms with Gasteiger partial charge < -0.3 is 15.0 Å². The van der Waals surface area contributed by atoms with Crippen molar-refractivity contribution < 1.29 is 14.5 Å². The summed E-state index contributed by atoms with van der Waals surface area (Å²) in [6.45, 7) is 1.27. The van der Waals surface area contributed by atoms with Gasteiger partial charge in [-0.05, 0) is 26.0 Å². The lowest BCUT2D eigenvalue weighted by molar-refractivity contribution is -0.384. The first-order valence-electron chi connectivity index (χ1n) is 6.85. The van der Waals surface area contributed by atoms with E-state index in [-0.39, 0.29) is 17.2 Å². The average molecular weight is 293 g/mol. The van der Waals surface area contributed by atoms with E-state index in [0.29, 0.717) is 24.9 Å². The summed E-state index contributed by atoms with van der Waals surface area (Å²) in [5.41, 5.74) is 0.138. The molecule has 0 atom stereocenters. The van der Waals surface area contributed by atoms with Crippen LogP contribution in [0.25, 0.3) is 0 Å². The highest BCUT2D eigenvalue weighted by Gasteiger charge is 2.26. The van der Waals surface area contributed by atoms with E-state index in [4.69, 9.17) is 4.74 Å². The fourth-order valence-corrected chi connectivity index (χ4v) is 2.52. The molecule has 0 unspecified atom stereocenters. The molecular formula is C14H19N3O4.